The van der Waals surface area contributed by atoms with Crippen LogP contribution in [0.5, 0.6) is 0 Å². The molecule has 2 saturated heterocycles. The van der Waals surface area contributed by atoms with Gasteiger partial charge in [0.15, 0.2) is 5.96 Å². The summed E-state index contributed by atoms with van der Waals surface area (Å²) in [6, 6.07) is 9.24. The van der Waals surface area contributed by atoms with E-state index in [9.17, 15) is 0 Å². The van der Waals surface area contributed by atoms with Crippen molar-refractivity contribution in [1.82, 2.24) is 15.5 Å². The Balaban J connectivity index is 0.00000320. The van der Waals surface area contributed by atoms with E-state index in [2.05, 4.69) is 65.5 Å². The van der Waals surface area contributed by atoms with Crippen LogP contribution >= 0.6 is 24.0 Å². The predicted molar refractivity (Wildman–Crippen MR) is 140 cm³/mol. The van der Waals surface area contributed by atoms with E-state index in [1.165, 1.54) is 76.1 Å². The fourth-order valence-electron chi connectivity index (χ4n) is 4.50. The molecule has 0 saturated carbocycles. The van der Waals surface area contributed by atoms with Crippen LogP contribution in [-0.2, 0) is 0 Å². The summed E-state index contributed by atoms with van der Waals surface area (Å²) in [5.74, 6) is 1.66. The molecule has 30 heavy (non-hydrogen) atoms. The number of nitrogens with one attached hydrogen (secondary N) is 2. The molecule has 0 spiro atoms. The van der Waals surface area contributed by atoms with Crippen LogP contribution in [0.2, 0.25) is 0 Å². The molecule has 0 amide bonds. The van der Waals surface area contributed by atoms with Crippen molar-refractivity contribution < 1.29 is 0 Å². The number of likely N-dealkylation sites (tertiary alicyclic amines) is 1. The number of hydrogen-bond donors (Lipinski definition) is 2. The quantitative estimate of drug-likeness (QED) is 0.294. The summed E-state index contributed by atoms with van der Waals surface area (Å²) in [6.07, 6.45) is 6.43. The van der Waals surface area contributed by atoms with Gasteiger partial charge in [-0.25, -0.2) is 0 Å². The summed E-state index contributed by atoms with van der Waals surface area (Å²) in [5.41, 5.74) is 2.68. The van der Waals surface area contributed by atoms with Gasteiger partial charge in [0.1, 0.15) is 0 Å². The first-order valence-electron chi connectivity index (χ1n) is 11.8. The van der Waals surface area contributed by atoms with E-state index in [1.807, 2.05) is 0 Å². The van der Waals surface area contributed by atoms with Gasteiger partial charge in [-0.1, -0.05) is 19.1 Å². The molecule has 1 unspecified atom stereocenters. The number of halogens is 1. The van der Waals surface area contributed by atoms with E-state index in [4.69, 9.17) is 4.99 Å². The van der Waals surface area contributed by atoms with Crippen LogP contribution in [-0.4, -0.2) is 56.7 Å². The molecule has 2 fully saturated rings. The number of benzene rings is 1. The third-order valence-electron chi connectivity index (χ3n) is 6.29. The van der Waals surface area contributed by atoms with Crippen molar-refractivity contribution in [3.8, 4) is 0 Å². The second-order valence-corrected chi connectivity index (χ2v) is 8.66. The molecule has 3 rings (SSSR count). The Kier molecular flexibility index (Phi) is 11.3. The Morgan fingerprint density at radius 1 is 1.13 bits per heavy atom. The molecule has 6 heteroatoms. The van der Waals surface area contributed by atoms with E-state index in [0.29, 0.717) is 5.92 Å². The standard InChI is InChI=1S/C24H41N5.HI/c1-4-13-28-16-11-21(12-17-28)19-26-24(25-5-2)27-20(3)22-9-8-10-23(18-22)29-14-6-7-15-29;/h8-10,18,20-21H,4-7,11-17,19H2,1-3H3,(H2,25,26,27);1H. The number of guanidine groups is 1. The van der Waals surface area contributed by atoms with Crippen LogP contribution in [0.4, 0.5) is 5.69 Å². The Morgan fingerprint density at radius 2 is 1.87 bits per heavy atom. The SMILES string of the molecule is CCCN1CCC(CN=C(NCC)NC(C)c2cccc(N3CCCC3)c2)CC1.I. The summed E-state index contributed by atoms with van der Waals surface area (Å²) in [7, 11) is 0. The number of nitrogens with zero attached hydrogens (tertiary/aromatic N) is 3. The minimum atomic E-state index is 0. The molecule has 170 valence electrons. The van der Waals surface area contributed by atoms with Gasteiger partial charge in [0.05, 0.1) is 6.04 Å². The van der Waals surface area contributed by atoms with Crippen molar-refractivity contribution in [2.24, 2.45) is 10.9 Å². The molecule has 5 nitrogen and oxygen atoms in total. The van der Waals surface area contributed by atoms with E-state index >= 15 is 0 Å². The molecule has 2 heterocycles. The van der Waals surface area contributed by atoms with Crippen LogP contribution in [0.1, 0.15) is 64.5 Å². The van der Waals surface area contributed by atoms with Gasteiger partial charge in [0.2, 0.25) is 0 Å². The zero-order valence-corrected chi connectivity index (χ0v) is 21.5. The van der Waals surface area contributed by atoms with Gasteiger partial charge in [-0.15, -0.1) is 24.0 Å². The Hall–Kier alpha value is -1.02. The minimum Gasteiger partial charge on any atom is -0.372 e. The van der Waals surface area contributed by atoms with Crippen LogP contribution in [0.3, 0.4) is 0 Å². The van der Waals surface area contributed by atoms with Gasteiger partial charge in [-0.2, -0.15) is 0 Å². The molecule has 2 N–H and O–H groups in total. The topological polar surface area (TPSA) is 42.9 Å². The van der Waals surface area contributed by atoms with Crippen LogP contribution in [0.25, 0.3) is 0 Å². The maximum absolute atomic E-state index is 4.94. The molecule has 2 aliphatic rings. The van der Waals surface area contributed by atoms with Crippen molar-refractivity contribution in [3.63, 3.8) is 0 Å². The van der Waals surface area contributed by atoms with Gasteiger partial charge >= 0.3 is 0 Å². The Morgan fingerprint density at radius 3 is 2.53 bits per heavy atom. The van der Waals surface area contributed by atoms with E-state index < -0.39 is 0 Å². The van der Waals surface area contributed by atoms with Crippen LogP contribution < -0.4 is 15.5 Å². The fourth-order valence-corrected chi connectivity index (χ4v) is 4.50. The average molecular weight is 528 g/mol. The van der Waals surface area contributed by atoms with Crippen molar-refractivity contribution in [3.05, 3.63) is 29.8 Å². The lowest BCUT2D eigenvalue weighted by atomic mass is 9.97. The van der Waals surface area contributed by atoms with E-state index in [1.54, 1.807) is 0 Å². The molecule has 1 aromatic carbocycles. The number of hydrogen-bond acceptors (Lipinski definition) is 3. The summed E-state index contributed by atoms with van der Waals surface area (Å²) >= 11 is 0. The lowest BCUT2D eigenvalue weighted by Crippen LogP contribution is -2.40. The van der Waals surface area contributed by atoms with Crippen LogP contribution in [0, 0.1) is 5.92 Å². The number of piperidine rings is 1. The highest BCUT2D eigenvalue weighted by atomic mass is 127. The van der Waals surface area contributed by atoms with Gasteiger partial charge in [0.25, 0.3) is 0 Å². The molecule has 2 aliphatic heterocycles. The molecule has 0 bridgehead atoms. The largest absolute Gasteiger partial charge is 0.372 e. The summed E-state index contributed by atoms with van der Waals surface area (Å²) in [4.78, 5) is 10.0. The van der Waals surface area contributed by atoms with Crippen LogP contribution in [0.15, 0.2) is 29.3 Å². The number of aliphatic imine (C=N–C) groups is 1. The van der Waals surface area contributed by atoms with Gasteiger partial charge in [-0.3, -0.25) is 4.99 Å². The zero-order valence-electron chi connectivity index (χ0n) is 19.2. The van der Waals surface area contributed by atoms with Gasteiger partial charge < -0.3 is 20.4 Å². The fraction of sp³-hybridized carbons (Fsp3) is 0.708. The molecule has 0 radical (unpaired) electrons. The predicted octanol–water partition coefficient (Wildman–Crippen LogP) is 4.64. The Labute approximate surface area is 201 Å². The molecular weight excluding hydrogens is 485 g/mol. The van der Waals surface area contributed by atoms with E-state index in [-0.39, 0.29) is 30.0 Å². The average Bonchev–Trinajstić information content (AvgIpc) is 3.28. The van der Waals surface area contributed by atoms with Gasteiger partial charge in [-0.05, 0) is 89.2 Å². The van der Waals surface area contributed by atoms with E-state index in [0.717, 1.165) is 19.0 Å². The van der Waals surface area contributed by atoms with Crippen molar-refractivity contribution in [1.29, 1.82) is 0 Å². The first-order valence-corrected chi connectivity index (χ1v) is 11.8. The highest BCUT2D eigenvalue weighted by Crippen LogP contribution is 2.24. The molecule has 0 aliphatic carbocycles. The molecule has 0 aromatic heterocycles. The summed E-state index contributed by atoms with van der Waals surface area (Å²) in [5, 5.41) is 7.07. The third-order valence-corrected chi connectivity index (χ3v) is 6.29. The normalized spacial score (nSPS) is 19.4. The zero-order chi connectivity index (χ0) is 20.5. The number of anilines is 1. The molecule has 1 atom stereocenters. The van der Waals surface area contributed by atoms with Crippen molar-refractivity contribution >= 4 is 35.6 Å². The maximum atomic E-state index is 4.94. The minimum absolute atomic E-state index is 0. The Bertz CT molecular complexity index is 636. The lowest BCUT2D eigenvalue weighted by molar-refractivity contribution is 0.188. The smallest absolute Gasteiger partial charge is 0.191 e. The maximum Gasteiger partial charge on any atom is 0.191 e. The van der Waals surface area contributed by atoms with Crippen molar-refractivity contribution in [2.75, 3.05) is 50.7 Å². The first-order chi connectivity index (χ1) is 14.2. The molecular formula is C24H42IN5. The molecule has 1 aromatic rings. The summed E-state index contributed by atoms with van der Waals surface area (Å²) in [6.45, 7) is 14.5. The number of rotatable bonds is 8. The second-order valence-electron chi connectivity index (χ2n) is 8.66. The second kappa shape index (κ2) is 13.4. The highest BCUT2D eigenvalue weighted by Gasteiger charge is 2.19. The van der Waals surface area contributed by atoms with Crippen molar-refractivity contribution in [2.45, 2.75) is 58.9 Å². The highest BCUT2D eigenvalue weighted by molar-refractivity contribution is 14.0. The summed E-state index contributed by atoms with van der Waals surface area (Å²) < 4.78 is 0. The van der Waals surface area contributed by atoms with Gasteiger partial charge in [0, 0.05) is 31.9 Å². The first kappa shape index (κ1) is 25.2. The lowest BCUT2D eigenvalue weighted by Gasteiger charge is -2.31. The monoisotopic (exact) mass is 527 g/mol. The third kappa shape index (κ3) is 7.59.